The molecule has 0 aromatic heterocycles. The molecule has 1 amide bonds. The third-order valence-corrected chi connectivity index (χ3v) is 12.6. The van der Waals surface area contributed by atoms with Crippen LogP contribution in [0.1, 0.15) is 227 Å². The first-order valence-corrected chi connectivity index (χ1v) is 24.1. The number of nitrogens with one attached hydrogen (secondary N) is 2. The summed E-state index contributed by atoms with van der Waals surface area (Å²) in [4.78, 5) is 59.3. The molecular weight excluding hydrogens is 749 g/mol. The predicted octanol–water partition coefficient (Wildman–Crippen LogP) is 11.6. The van der Waals surface area contributed by atoms with Crippen molar-refractivity contribution in [3.8, 4) is 0 Å². The minimum absolute atomic E-state index is 0.0438. The van der Waals surface area contributed by atoms with Gasteiger partial charge in [0, 0.05) is 46.0 Å². The smallest absolute Gasteiger partial charge is 0.409 e. The highest BCUT2D eigenvalue weighted by molar-refractivity contribution is 5.94. The quantitative estimate of drug-likeness (QED) is 0.110. The van der Waals surface area contributed by atoms with E-state index in [-0.39, 0.29) is 39.4 Å². The van der Waals surface area contributed by atoms with Gasteiger partial charge in [-0.15, -0.1) is 0 Å². The van der Waals surface area contributed by atoms with Gasteiger partial charge in [-0.2, -0.15) is 0 Å². The maximum atomic E-state index is 14.4. The van der Waals surface area contributed by atoms with Gasteiger partial charge in [0.05, 0.1) is 23.2 Å². The van der Waals surface area contributed by atoms with Crippen molar-refractivity contribution in [2.24, 2.45) is 16.2 Å². The summed E-state index contributed by atoms with van der Waals surface area (Å²) in [6.07, 6.45) is 14.9. The second-order valence-corrected chi connectivity index (χ2v) is 25.2. The van der Waals surface area contributed by atoms with E-state index in [1.165, 1.54) is 0 Å². The van der Waals surface area contributed by atoms with E-state index in [1.807, 2.05) is 20.8 Å². The molecule has 0 spiro atoms. The highest BCUT2D eigenvalue weighted by Gasteiger charge is 2.54. The normalized spacial score (nSPS) is 22.3. The van der Waals surface area contributed by atoms with E-state index < -0.39 is 21.9 Å². The van der Waals surface area contributed by atoms with E-state index in [0.29, 0.717) is 37.7 Å². The number of rotatable bonds is 21. The van der Waals surface area contributed by atoms with Crippen LogP contribution in [0.3, 0.4) is 0 Å². The molecule has 350 valence electrons. The van der Waals surface area contributed by atoms with E-state index in [4.69, 9.17) is 4.74 Å². The van der Waals surface area contributed by atoms with Gasteiger partial charge < -0.3 is 15.0 Å². The molecule has 60 heavy (non-hydrogen) atoms. The van der Waals surface area contributed by atoms with Crippen molar-refractivity contribution in [3.05, 3.63) is 0 Å². The zero-order valence-corrected chi connectivity index (χ0v) is 42.6. The maximum Gasteiger partial charge on any atom is 0.409 e. The molecule has 3 atom stereocenters. The van der Waals surface area contributed by atoms with Crippen LogP contribution in [0, 0.1) is 16.2 Å². The van der Waals surface area contributed by atoms with Crippen LogP contribution in [-0.4, -0.2) is 92.7 Å². The van der Waals surface area contributed by atoms with E-state index in [1.54, 1.807) is 4.90 Å². The zero-order chi connectivity index (χ0) is 46.2. The Hall–Kier alpha value is -1.84. The Bertz CT molecular complexity index is 1420. The average molecular weight is 845 g/mol. The molecule has 0 aliphatic carbocycles. The van der Waals surface area contributed by atoms with Gasteiger partial charge in [-0.3, -0.25) is 24.6 Å². The molecule has 2 rings (SSSR count). The van der Waals surface area contributed by atoms with Gasteiger partial charge in [-0.25, -0.2) is 4.79 Å². The topological polar surface area (TPSA) is 108 Å². The Balaban J connectivity index is 1.94. The van der Waals surface area contributed by atoms with Crippen molar-refractivity contribution < 1.29 is 23.9 Å². The number of Topliss-reactive ketones (excluding diaryl/α,β-unsaturated/α-hetero) is 3. The fourth-order valence-corrected chi connectivity index (χ4v) is 10.6. The summed E-state index contributed by atoms with van der Waals surface area (Å²) in [5.41, 5.74) is -3.61. The Kier molecular flexibility index (Phi) is 18.8. The number of ketones is 3. The Morgan fingerprint density at radius 2 is 1.07 bits per heavy atom. The molecule has 9 nitrogen and oxygen atoms in total. The van der Waals surface area contributed by atoms with Crippen LogP contribution in [0.15, 0.2) is 0 Å². The van der Waals surface area contributed by atoms with Gasteiger partial charge in [0.1, 0.15) is 0 Å². The van der Waals surface area contributed by atoms with Gasteiger partial charge in [-0.05, 0) is 114 Å². The molecule has 1 unspecified atom stereocenters. The minimum Gasteiger partial charge on any atom is -0.449 e. The van der Waals surface area contributed by atoms with Gasteiger partial charge in [0.15, 0.2) is 17.3 Å². The van der Waals surface area contributed by atoms with Crippen molar-refractivity contribution in [2.45, 2.75) is 261 Å². The summed E-state index contributed by atoms with van der Waals surface area (Å²) in [5, 5.41) is 7.43. The van der Waals surface area contributed by atoms with E-state index in [2.05, 4.69) is 119 Å². The molecule has 0 bridgehead atoms. The summed E-state index contributed by atoms with van der Waals surface area (Å²) in [7, 11) is 0. The van der Waals surface area contributed by atoms with Crippen LogP contribution in [0.4, 0.5) is 4.79 Å². The highest BCUT2D eigenvalue weighted by atomic mass is 16.6. The van der Waals surface area contributed by atoms with Crippen LogP contribution < -0.4 is 10.6 Å². The second kappa shape index (κ2) is 20.8. The lowest BCUT2D eigenvalue weighted by Gasteiger charge is -2.48. The molecule has 2 saturated heterocycles. The number of amides is 1. The first-order valence-electron chi connectivity index (χ1n) is 24.1. The lowest BCUT2D eigenvalue weighted by Crippen LogP contribution is -2.63. The average Bonchev–Trinajstić information content (AvgIpc) is 3.71. The SMILES string of the molecule is CC(C)(C)NC(CCCCCCCOC(=O)N1CC[C@@](NC(C)(C)C)(C(=O)C(C)(C)C)C1)(CCCCCCC[C@@]1(C(=O)C(C)(C)C)CCCN1C(C)(C)C)C(=O)C(C)(C)C. The Labute approximate surface area is 369 Å². The second-order valence-electron chi connectivity index (χ2n) is 25.2. The summed E-state index contributed by atoms with van der Waals surface area (Å²) in [6.45, 7) is 39.9. The number of nitrogens with zero attached hydrogens (tertiary/aromatic N) is 2. The predicted molar refractivity (Wildman–Crippen MR) is 251 cm³/mol. The zero-order valence-electron chi connectivity index (χ0n) is 42.6. The van der Waals surface area contributed by atoms with Crippen LogP contribution >= 0.6 is 0 Å². The van der Waals surface area contributed by atoms with Crippen LogP contribution in [0.25, 0.3) is 0 Å². The lowest BCUT2D eigenvalue weighted by atomic mass is 9.71. The Morgan fingerprint density at radius 3 is 1.53 bits per heavy atom. The number of carbonyl (C=O) groups excluding carboxylic acids is 4. The molecule has 0 aromatic carbocycles. The molecule has 9 heteroatoms. The van der Waals surface area contributed by atoms with Crippen molar-refractivity contribution in [1.29, 1.82) is 0 Å². The molecule has 0 saturated carbocycles. The minimum atomic E-state index is -0.775. The van der Waals surface area contributed by atoms with Crippen molar-refractivity contribution in [2.75, 3.05) is 26.2 Å². The standard InChI is InChI=1S/C51H96N4O5/c1-43(2,3)39(56)49(52-46(10,11)12,30-25-21-19-23-27-32-51(41(58)45(7,8)9)33-29-35-55(51)48(16,17)18)31-26-22-20-24-28-37-60-42(59)54-36-34-50(38-54,53-47(13,14)15)40(57)44(4,5)6/h52-53H,19-38H2,1-18H3/t49?,50-,51-/m0/s1. The largest absolute Gasteiger partial charge is 0.449 e. The van der Waals surface area contributed by atoms with Gasteiger partial charge in [0.25, 0.3) is 0 Å². The fourth-order valence-electron chi connectivity index (χ4n) is 10.6. The summed E-state index contributed by atoms with van der Waals surface area (Å²) >= 11 is 0. The van der Waals surface area contributed by atoms with Crippen molar-refractivity contribution >= 4 is 23.4 Å². The first-order chi connectivity index (χ1) is 27.1. The van der Waals surface area contributed by atoms with E-state index >= 15 is 0 Å². The van der Waals surface area contributed by atoms with Gasteiger partial charge in [0.2, 0.25) is 0 Å². The number of likely N-dealkylation sites (tertiary alicyclic amines) is 2. The molecule has 2 N–H and O–H groups in total. The van der Waals surface area contributed by atoms with Gasteiger partial charge in [-0.1, -0.05) is 120 Å². The number of ether oxygens (including phenoxy) is 1. The van der Waals surface area contributed by atoms with E-state index in [9.17, 15) is 19.2 Å². The number of hydrogen-bond acceptors (Lipinski definition) is 8. The lowest BCUT2D eigenvalue weighted by molar-refractivity contribution is -0.141. The van der Waals surface area contributed by atoms with Gasteiger partial charge >= 0.3 is 6.09 Å². The monoisotopic (exact) mass is 845 g/mol. The summed E-state index contributed by atoms with van der Waals surface area (Å²) in [6, 6.07) is 0. The highest BCUT2D eigenvalue weighted by Crippen LogP contribution is 2.44. The number of unbranched alkanes of at least 4 members (excludes halogenated alkanes) is 8. The fraction of sp³-hybridized carbons (Fsp3) is 0.922. The summed E-state index contributed by atoms with van der Waals surface area (Å²) < 4.78 is 5.73. The summed E-state index contributed by atoms with van der Waals surface area (Å²) in [5.74, 6) is 0.832. The molecular formula is C51H96N4O5. The third kappa shape index (κ3) is 15.7. The molecule has 2 aliphatic rings. The molecule has 0 radical (unpaired) electrons. The number of carbonyl (C=O) groups is 4. The molecule has 2 fully saturated rings. The Morgan fingerprint density at radius 1 is 0.567 bits per heavy atom. The van der Waals surface area contributed by atoms with Crippen LogP contribution in [-0.2, 0) is 19.1 Å². The van der Waals surface area contributed by atoms with Crippen molar-refractivity contribution in [3.63, 3.8) is 0 Å². The molecule has 2 aliphatic heterocycles. The van der Waals surface area contributed by atoms with Crippen LogP contribution in [0.5, 0.6) is 0 Å². The van der Waals surface area contributed by atoms with E-state index in [0.717, 1.165) is 103 Å². The van der Waals surface area contributed by atoms with Crippen LogP contribution in [0.2, 0.25) is 0 Å². The number of hydrogen-bond donors (Lipinski definition) is 2. The van der Waals surface area contributed by atoms with Crippen molar-refractivity contribution in [1.82, 2.24) is 20.4 Å². The first kappa shape index (κ1) is 54.3. The maximum absolute atomic E-state index is 14.4. The molecule has 0 aromatic rings. The third-order valence-electron chi connectivity index (χ3n) is 12.6. The molecule has 2 heterocycles.